The van der Waals surface area contributed by atoms with E-state index in [0.717, 1.165) is 0 Å². The molecule has 4 rings (SSSR count). The lowest BCUT2D eigenvalue weighted by molar-refractivity contribution is 0.826. The molecule has 0 amide bonds. The molecule has 0 unspecified atom stereocenters. The standard InChI is InChI=1S/C21H18/c1-3-8-16(9-4-1)19-14-18-12-7-13-20(21(18)15-19)17-10-5-2-6-11-17/h1-6,8-11,14-15H,7,12-13H2. The van der Waals surface area contributed by atoms with E-state index in [2.05, 4.69) is 72.8 Å². The molecule has 0 heterocycles. The molecule has 2 aromatic carbocycles. The van der Waals surface area contributed by atoms with Crippen molar-refractivity contribution in [3.8, 4) is 0 Å². The molecule has 0 bridgehead atoms. The highest BCUT2D eigenvalue weighted by atomic mass is 14.3. The van der Waals surface area contributed by atoms with Gasteiger partial charge < -0.3 is 0 Å². The fourth-order valence-electron chi connectivity index (χ4n) is 3.37. The summed E-state index contributed by atoms with van der Waals surface area (Å²) in [6, 6.07) is 21.5. The Morgan fingerprint density at radius 2 is 1.29 bits per heavy atom. The summed E-state index contributed by atoms with van der Waals surface area (Å²) in [7, 11) is 0. The first-order chi connectivity index (χ1) is 10.4. The van der Waals surface area contributed by atoms with Crippen molar-refractivity contribution in [2.24, 2.45) is 0 Å². The zero-order chi connectivity index (χ0) is 14.1. The second kappa shape index (κ2) is 5.21. The quantitative estimate of drug-likeness (QED) is 0.661. The molecular weight excluding hydrogens is 252 g/mol. The lowest BCUT2D eigenvalue weighted by Gasteiger charge is -2.19. The molecule has 2 aliphatic carbocycles. The Balaban J connectivity index is 1.82. The predicted octanol–water partition coefficient (Wildman–Crippen LogP) is 5.65. The van der Waals surface area contributed by atoms with Crippen molar-refractivity contribution in [3.63, 3.8) is 0 Å². The molecule has 102 valence electrons. The summed E-state index contributed by atoms with van der Waals surface area (Å²) in [5.74, 6) is 0. The van der Waals surface area contributed by atoms with Crippen LogP contribution in [0.2, 0.25) is 0 Å². The van der Waals surface area contributed by atoms with Crippen LogP contribution in [0.25, 0.3) is 11.1 Å². The minimum atomic E-state index is 1.19. The Kier molecular flexibility index (Phi) is 3.08. The predicted molar refractivity (Wildman–Crippen MR) is 89.7 cm³/mol. The highest BCUT2D eigenvalue weighted by molar-refractivity contribution is 5.90. The van der Waals surface area contributed by atoms with Gasteiger partial charge in [-0.25, -0.2) is 0 Å². The van der Waals surface area contributed by atoms with Gasteiger partial charge in [-0.3, -0.25) is 0 Å². The SMILES string of the molecule is C1=C2CCCC(c3ccccc3)=C2C=C1c1ccccc1. The Bertz CT molecular complexity index is 743. The molecule has 0 nitrogen and oxygen atoms in total. The maximum Gasteiger partial charge on any atom is -0.0175 e. The largest absolute Gasteiger partial charge is 0.0622 e. The van der Waals surface area contributed by atoms with Crippen molar-refractivity contribution in [1.82, 2.24) is 0 Å². The molecule has 0 heteroatoms. The second-order valence-electron chi connectivity index (χ2n) is 5.75. The van der Waals surface area contributed by atoms with Gasteiger partial charge in [-0.2, -0.15) is 0 Å². The minimum Gasteiger partial charge on any atom is -0.0622 e. The molecule has 2 aromatic rings. The molecule has 0 N–H and O–H groups in total. The molecule has 0 aromatic heterocycles. The third-order valence-electron chi connectivity index (χ3n) is 4.40. The Labute approximate surface area is 126 Å². The smallest absolute Gasteiger partial charge is 0.0175 e. The van der Waals surface area contributed by atoms with Gasteiger partial charge in [-0.05, 0) is 58.8 Å². The van der Waals surface area contributed by atoms with Crippen molar-refractivity contribution in [3.05, 3.63) is 95.1 Å². The summed E-state index contributed by atoms with van der Waals surface area (Å²) in [4.78, 5) is 0. The van der Waals surface area contributed by atoms with E-state index in [0.29, 0.717) is 0 Å². The van der Waals surface area contributed by atoms with Gasteiger partial charge in [0.2, 0.25) is 0 Å². The average Bonchev–Trinajstić information content (AvgIpc) is 3.00. The lowest BCUT2D eigenvalue weighted by Crippen LogP contribution is -1.99. The molecule has 0 aliphatic heterocycles. The second-order valence-corrected chi connectivity index (χ2v) is 5.75. The highest BCUT2D eigenvalue weighted by Gasteiger charge is 2.21. The number of allylic oxidation sites excluding steroid dienone is 6. The van der Waals surface area contributed by atoms with Crippen molar-refractivity contribution in [2.75, 3.05) is 0 Å². The van der Waals surface area contributed by atoms with Crippen LogP contribution in [0.5, 0.6) is 0 Å². The molecule has 0 saturated carbocycles. The van der Waals surface area contributed by atoms with E-state index < -0.39 is 0 Å². The van der Waals surface area contributed by atoms with Crippen LogP contribution in [0, 0.1) is 0 Å². The maximum atomic E-state index is 2.38. The molecule has 0 fully saturated rings. The Morgan fingerprint density at radius 3 is 2.00 bits per heavy atom. The van der Waals surface area contributed by atoms with Crippen LogP contribution in [0.1, 0.15) is 30.4 Å². The van der Waals surface area contributed by atoms with E-state index in [1.165, 1.54) is 52.7 Å². The number of fused-ring (bicyclic) bond motifs is 1. The number of hydrogen-bond donors (Lipinski definition) is 0. The lowest BCUT2D eigenvalue weighted by atomic mass is 9.85. The average molecular weight is 270 g/mol. The highest BCUT2D eigenvalue weighted by Crippen LogP contribution is 2.42. The zero-order valence-corrected chi connectivity index (χ0v) is 12.0. The third kappa shape index (κ3) is 2.27. The van der Waals surface area contributed by atoms with Gasteiger partial charge in [0.05, 0.1) is 0 Å². The van der Waals surface area contributed by atoms with Crippen molar-refractivity contribution < 1.29 is 0 Å². The molecule has 0 spiro atoms. The summed E-state index contributed by atoms with van der Waals surface area (Å²) in [5.41, 5.74) is 8.54. The number of hydrogen-bond acceptors (Lipinski definition) is 0. The van der Waals surface area contributed by atoms with E-state index >= 15 is 0 Å². The van der Waals surface area contributed by atoms with Crippen LogP contribution in [0.4, 0.5) is 0 Å². The summed E-state index contributed by atoms with van der Waals surface area (Å²) in [5, 5.41) is 0. The molecular formula is C21H18. The summed E-state index contributed by atoms with van der Waals surface area (Å²) in [6.45, 7) is 0. The van der Waals surface area contributed by atoms with Gasteiger partial charge in [-0.15, -0.1) is 0 Å². The Morgan fingerprint density at radius 1 is 0.619 bits per heavy atom. The fraction of sp³-hybridized carbons (Fsp3) is 0.143. The number of rotatable bonds is 2. The van der Waals surface area contributed by atoms with Gasteiger partial charge in [0.15, 0.2) is 0 Å². The first kappa shape index (κ1) is 12.4. The molecule has 0 saturated heterocycles. The topological polar surface area (TPSA) is 0 Å². The first-order valence-electron chi connectivity index (χ1n) is 7.68. The van der Waals surface area contributed by atoms with E-state index in [4.69, 9.17) is 0 Å². The summed E-state index contributed by atoms with van der Waals surface area (Å²) in [6.07, 6.45) is 8.42. The van der Waals surface area contributed by atoms with Crippen LogP contribution in [-0.4, -0.2) is 0 Å². The molecule has 2 aliphatic rings. The zero-order valence-electron chi connectivity index (χ0n) is 12.0. The van der Waals surface area contributed by atoms with Crippen LogP contribution in [0.15, 0.2) is 84.0 Å². The van der Waals surface area contributed by atoms with E-state index in [9.17, 15) is 0 Å². The number of benzene rings is 2. The summed E-state index contributed by atoms with van der Waals surface area (Å²) < 4.78 is 0. The van der Waals surface area contributed by atoms with Crippen LogP contribution in [0.3, 0.4) is 0 Å². The molecule has 0 radical (unpaired) electrons. The van der Waals surface area contributed by atoms with Crippen LogP contribution >= 0.6 is 0 Å². The normalized spacial score (nSPS) is 17.3. The fourth-order valence-corrected chi connectivity index (χ4v) is 3.37. The van der Waals surface area contributed by atoms with E-state index in [1.54, 1.807) is 0 Å². The Hall–Kier alpha value is -2.34. The van der Waals surface area contributed by atoms with Crippen molar-refractivity contribution in [2.45, 2.75) is 19.3 Å². The van der Waals surface area contributed by atoms with E-state index in [1.807, 2.05) is 0 Å². The molecule has 21 heavy (non-hydrogen) atoms. The van der Waals surface area contributed by atoms with Gasteiger partial charge in [0, 0.05) is 0 Å². The maximum absolute atomic E-state index is 2.38. The van der Waals surface area contributed by atoms with Crippen molar-refractivity contribution >= 4 is 11.1 Å². The van der Waals surface area contributed by atoms with Crippen LogP contribution in [-0.2, 0) is 0 Å². The minimum absolute atomic E-state index is 1.19. The van der Waals surface area contributed by atoms with E-state index in [-0.39, 0.29) is 0 Å². The molecule has 0 atom stereocenters. The van der Waals surface area contributed by atoms with Gasteiger partial charge in [0.1, 0.15) is 0 Å². The third-order valence-corrected chi connectivity index (χ3v) is 4.40. The monoisotopic (exact) mass is 270 g/mol. The van der Waals surface area contributed by atoms with Gasteiger partial charge in [0.25, 0.3) is 0 Å². The van der Waals surface area contributed by atoms with Gasteiger partial charge >= 0.3 is 0 Å². The first-order valence-corrected chi connectivity index (χ1v) is 7.68. The summed E-state index contributed by atoms with van der Waals surface area (Å²) >= 11 is 0. The van der Waals surface area contributed by atoms with Crippen LogP contribution < -0.4 is 0 Å². The van der Waals surface area contributed by atoms with Gasteiger partial charge in [-0.1, -0.05) is 66.7 Å². The van der Waals surface area contributed by atoms with Crippen molar-refractivity contribution in [1.29, 1.82) is 0 Å².